The number of hydrogen-bond acceptors (Lipinski definition) is 2. The van der Waals surface area contributed by atoms with Gasteiger partial charge in [0.05, 0.1) is 11.6 Å². The summed E-state index contributed by atoms with van der Waals surface area (Å²) in [7, 11) is 0. The Labute approximate surface area is 164 Å². The van der Waals surface area contributed by atoms with Crippen molar-refractivity contribution in [2.45, 2.75) is 18.4 Å². The van der Waals surface area contributed by atoms with Crippen LogP contribution in [0.1, 0.15) is 39.9 Å². The predicted molar refractivity (Wildman–Crippen MR) is 112 cm³/mol. The topological polar surface area (TPSA) is 49.3 Å². The quantitative estimate of drug-likeness (QED) is 0.569. The van der Waals surface area contributed by atoms with Crippen LogP contribution in [0.15, 0.2) is 84.9 Å². The number of carboxylic acid groups (broad SMARTS) is 1. The molecule has 138 valence electrons. The van der Waals surface area contributed by atoms with Crippen LogP contribution in [0, 0.1) is 5.92 Å². The number of nitrogens with one attached hydrogen (secondary N) is 1. The molecule has 1 aliphatic carbocycles. The standard InChI is InChI=1S/C25H21NO2/c27-25(28)21-10-5-4-9-20(21)24-19-12-6-11-18(19)22-15-17(13-14-23(22)26-24)16-7-2-1-3-8-16/h1-11,13-15,18-19,24,26H,12H2,(H,27,28)/t18-,19-,24+/m0/s1. The van der Waals surface area contributed by atoms with Crippen molar-refractivity contribution in [1.29, 1.82) is 0 Å². The van der Waals surface area contributed by atoms with E-state index in [4.69, 9.17) is 0 Å². The lowest BCUT2D eigenvalue weighted by Gasteiger charge is -2.38. The summed E-state index contributed by atoms with van der Waals surface area (Å²) in [5.74, 6) is -0.254. The maximum atomic E-state index is 11.8. The molecule has 2 N–H and O–H groups in total. The maximum Gasteiger partial charge on any atom is 0.336 e. The summed E-state index contributed by atoms with van der Waals surface area (Å²) in [6.45, 7) is 0. The van der Waals surface area contributed by atoms with Gasteiger partial charge in [-0.1, -0.05) is 66.7 Å². The van der Waals surface area contributed by atoms with Crippen LogP contribution in [0.3, 0.4) is 0 Å². The highest BCUT2D eigenvalue weighted by molar-refractivity contribution is 5.90. The van der Waals surface area contributed by atoms with Gasteiger partial charge in [-0.15, -0.1) is 0 Å². The Balaban J connectivity index is 1.59. The summed E-state index contributed by atoms with van der Waals surface area (Å²) in [6.07, 6.45) is 5.47. The highest BCUT2D eigenvalue weighted by atomic mass is 16.4. The first kappa shape index (κ1) is 16.8. The number of rotatable bonds is 3. The van der Waals surface area contributed by atoms with Crippen LogP contribution in [0.2, 0.25) is 0 Å². The minimum Gasteiger partial charge on any atom is -0.478 e. The zero-order chi connectivity index (χ0) is 19.1. The van der Waals surface area contributed by atoms with E-state index in [9.17, 15) is 9.90 Å². The number of fused-ring (bicyclic) bond motifs is 3. The van der Waals surface area contributed by atoms with Crippen molar-refractivity contribution in [2.24, 2.45) is 5.92 Å². The van der Waals surface area contributed by atoms with E-state index in [0.29, 0.717) is 17.4 Å². The third-order valence-electron chi connectivity index (χ3n) is 6.00. The van der Waals surface area contributed by atoms with Gasteiger partial charge >= 0.3 is 5.97 Å². The van der Waals surface area contributed by atoms with E-state index in [1.165, 1.54) is 16.7 Å². The average Bonchev–Trinajstić information content (AvgIpc) is 3.24. The second kappa shape index (κ2) is 6.68. The summed E-state index contributed by atoms with van der Waals surface area (Å²) < 4.78 is 0. The molecule has 1 aliphatic heterocycles. The Kier molecular flexibility index (Phi) is 4.01. The normalized spacial score (nSPS) is 22.2. The Morgan fingerprint density at radius 2 is 1.68 bits per heavy atom. The fraction of sp³-hybridized carbons (Fsp3) is 0.160. The molecule has 1 heterocycles. The number of carboxylic acids is 1. The van der Waals surface area contributed by atoms with Gasteiger partial charge in [-0.05, 0) is 52.8 Å². The molecule has 3 heteroatoms. The molecule has 0 amide bonds. The molecule has 28 heavy (non-hydrogen) atoms. The zero-order valence-electron chi connectivity index (χ0n) is 15.4. The van der Waals surface area contributed by atoms with Crippen LogP contribution in [-0.4, -0.2) is 11.1 Å². The third kappa shape index (κ3) is 2.71. The Bertz CT molecular complexity index is 1070. The van der Waals surface area contributed by atoms with Crippen molar-refractivity contribution < 1.29 is 9.90 Å². The molecule has 0 radical (unpaired) electrons. The second-order valence-electron chi connectivity index (χ2n) is 7.54. The van der Waals surface area contributed by atoms with Gasteiger partial charge in [-0.3, -0.25) is 0 Å². The molecular weight excluding hydrogens is 346 g/mol. The van der Waals surface area contributed by atoms with Crippen LogP contribution in [-0.2, 0) is 0 Å². The van der Waals surface area contributed by atoms with E-state index in [1.54, 1.807) is 12.1 Å². The fourth-order valence-corrected chi connectivity index (χ4v) is 4.68. The molecule has 3 nitrogen and oxygen atoms in total. The van der Waals surface area contributed by atoms with Gasteiger partial charge in [0, 0.05) is 11.6 Å². The molecule has 0 aromatic heterocycles. The Morgan fingerprint density at radius 3 is 2.50 bits per heavy atom. The van der Waals surface area contributed by atoms with Gasteiger partial charge in [-0.2, -0.15) is 0 Å². The van der Waals surface area contributed by atoms with Crippen LogP contribution < -0.4 is 5.32 Å². The molecule has 0 saturated heterocycles. The van der Waals surface area contributed by atoms with Crippen LogP contribution >= 0.6 is 0 Å². The van der Waals surface area contributed by atoms with E-state index in [0.717, 1.165) is 17.7 Å². The van der Waals surface area contributed by atoms with E-state index >= 15 is 0 Å². The van der Waals surface area contributed by atoms with Gasteiger partial charge < -0.3 is 10.4 Å². The summed E-state index contributed by atoms with van der Waals surface area (Å²) in [4.78, 5) is 11.8. The monoisotopic (exact) mass is 367 g/mol. The first-order valence-electron chi connectivity index (χ1n) is 9.67. The number of anilines is 1. The molecule has 3 aromatic carbocycles. The molecule has 0 unspecified atom stereocenters. The molecule has 3 atom stereocenters. The van der Waals surface area contributed by atoms with Gasteiger partial charge in [0.2, 0.25) is 0 Å². The first-order valence-corrected chi connectivity index (χ1v) is 9.67. The number of hydrogen-bond donors (Lipinski definition) is 2. The van der Waals surface area contributed by atoms with Crippen molar-refractivity contribution >= 4 is 11.7 Å². The van der Waals surface area contributed by atoms with Gasteiger partial charge in [0.15, 0.2) is 0 Å². The van der Waals surface area contributed by atoms with E-state index in [1.807, 2.05) is 18.2 Å². The fourth-order valence-electron chi connectivity index (χ4n) is 4.68. The highest BCUT2D eigenvalue weighted by Crippen LogP contribution is 2.50. The molecule has 0 bridgehead atoms. The lowest BCUT2D eigenvalue weighted by molar-refractivity contribution is 0.0694. The summed E-state index contributed by atoms with van der Waals surface area (Å²) in [6, 6.07) is 24.3. The third-order valence-corrected chi connectivity index (χ3v) is 6.00. The number of aromatic carboxylic acids is 1. The van der Waals surface area contributed by atoms with Gasteiger partial charge in [0.1, 0.15) is 0 Å². The highest BCUT2D eigenvalue weighted by Gasteiger charge is 2.39. The van der Waals surface area contributed by atoms with E-state index in [2.05, 4.69) is 59.9 Å². The minimum atomic E-state index is -0.870. The summed E-state index contributed by atoms with van der Waals surface area (Å²) in [5.41, 5.74) is 6.06. The summed E-state index contributed by atoms with van der Waals surface area (Å²) in [5, 5.41) is 13.3. The number of allylic oxidation sites excluding steroid dienone is 2. The molecule has 0 fully saturated rings. The molecule has 5 rings (SSSR count). The molecule has 0 saturated carbocycles. The van der Waals surface area contributed by atoms with Crippen molar-refractivity contribution in [3.8, 4) is 11.1 Å². The Morgan fingerprint density at radius 1 is 0.893 bits per heavy atom. The molecule has 0 spiro atoms. The molecular formula is C25H21NO2. The lowest BCUT2D eigenvalue weighted by Crippen LogP contribution is -2.30. The van der Waals surface area contributed by atoms with Crippen LogP contribution in [0.4, 0.5) is 5.69 Å². The van der Waals surface area contributed by atoms with Crippen LogP contribution in [0.25, 0.3) is 11.1 Å². The maximum absolute atomic E-state index is 11.8. The zero-order valence-corrected chi connectivity index (χ0v) is 15.4. The van der Waals surface area contributed by atoms with Gasteiger partial charge in [0.25, 0.3) is 0 Å². The lowest BCUT2D eigenvalue weighted by atomic mass is 9.75. The van der Waals surface area contributed by atoms with Crippen molar-refractivity contribution in [3.05, 3.63) is 102 Å². The average molecular weight is 367 g/mol. The van der Waals surface area contributed by atoms with Crippen molar-refractivity contribution in [1.82, 2.24) is 0 Å². The van der Waals surface area contributed by atoms with E-state index in [-0.39, 0.29) is 6.04 Å². The number of benzene rings is 3. The minimum absolute atomic E-state index is 0.0117. The summed E-state index contributed by atoms with van der Waals surface area (Å²) >= 11 is 0. The van der Waals surface area contributed by atoms with Crippen LogP contribution in [0.5, 0.6) is 0 Å². The molecule has 2 aliphatic rings. The first-order chi connectivity index (χ1) is 13.7. The SMILES string of the molecule is O=C(O)c1ccccc1[C@@H]1Nc2ccc(-c3ccccc3)cc2[C@H]2C=CC[C@@H]21. The van der Waals surface area contributed by atoms with Crippen molar-refractivity contribution in [2.75, 3.05) is 5.32 Å². The predicted octanol–water partition coefficient (Wildman–Crippen LogP) is 5.88. The van der Waals surface area contributed by atoms with E-state index < -0.39 is 5.97 Å². The smallest absolute Gasteiger partial charge is 0.336 e. The van der Waals surface area contributed by atoms with Crippen molar-refractivity contribution in [3.63, 3.8) is 0 Å². The molecule has 3 aromatic rings. The van der Waals surface area contributed by atoms with Gasteiger partial charge in [-0.25, -0.2) is 4.79 Å². The Hall–Kier alpha value is -3.33. The number of carbonyl (C=O) groups is 1. The largest absolute Gasteiger partial charge is 0.478 e. The second-order valence-corrected chi connectivity index (χ2v) is 7.54.